The van der Waals surface area contributed by atoms with Crippen molar-refractivity contribution in [3.05, 3.63) is 12.7 Å². The Morgan fingerprint density at radius 2 is 2.50 bits per heavy atom. The van der Waals surface area contributed by atoms with Gasteiger partial charge in [-0.25, -0.2) is 0 Å². The predicted molar refractivity (Wildman–Crippen MR) is 47.7 cm³/mol. The van der Waals surface area contributed by atoms with E-state index in [1.165, 1.54) is 0 Å². The van der Waals surface area contributed by atoms with Gasteiger partial charge in [-0.15, -0.1) is 6.58 Å². The van der Waals surface area contributed by atoms with Gasteiger partial charge in [-0.1, -0.05) is 13.0 Å². The highest BCUT2D eigenvalue weighted by atomic mass is 16.5. The topological polar surface area (TPSA) is 26.3 Å². The molecule has 0 N–H and O–H groups in total. The molecule has 0 bridgehead atoms. The van der Waals surface area contributed by atoms with Crippen LogP contribution in [0, 0.1) is 5.41 Å². The zero-order valence-electron chi connectivity index (χ0n) is 7.64. The fourth-order valence-corrected chi connectivity index (χ4v) is 1.76. The Morgan fingerprint density at radius 3 is 3.00 bits per heavy atom. The third-order valence-corrected chi connectivity index (χ3v) is 2.68. The highest BCUT2D eigenvalue weighted by Crippen LogP contribution is 2.36. The molecule has 1 heterocycles. The summed E-state index contributed by atoms with van der Waals surface area (Å²) in [4.78, 5) is 11.5. The van der Waals surface area contributed by atoms with Crippen LogP contribution < -0.4 is 0 Å². The first-order chi connectivity index (χ1) is 5.75. The Labute approximate surface area is 73.6 Å². The van der Waals surface area contributed by atoms with Gasteiger partial charge in [0.05, 0.1) is 12.0 Å². The van der Waals surface area contributed by atoms with Gasteiger partial charge in [-0.05, 0) is 25.7 Å². The van der Waals surface area contributed by atoms with E-state index in [9.17, 15) is 4.79 Å². The van der Waals surface area contributed by atoms with E-state index in [4.69, 9.17) is 4.74 Å². The molecule has 0 aromatic carbocycles. The number of cyclic esters (lactones) is 1. The maximum atomic E-state index is 11.5. The van der Waals surface area contributed by atoms with Gasteiger partial charge < -0.3 is 4.74 Å². The minimum Gasteiger partial charge on any atom is -0.465 e. The lowest BCUT2D eigenvalue weighted by molar-refractivity contribution is -0.162. The maximum Gasteiger partial charge on any atom is 0.312 e. The van der Waals surface area contributed by atoms with Crippen LogP contribution in [0.25, 0.3) is 0 Å². The lowest BCUT2D eigenvalue weighted by atomic mass is 9.76. The molecule has 0 aromatic rings. The van der Waals surface area contributed by atoms with Crippen LogP contribution >= 0.6 is 0 Å². The highest BCUT2D eigenvalue weighted by Gasteiger charge is 2.38. The second-order valence-corrected chi connectivity index (χ2v) is 3.37. The standard InChI is InChI=1S/C10H16O2/c1-3-6-10(4-2)7-5-8-12-9(10)11/h3H,1,4-8H2,2H3/t10-/m1/s1. The number of rotatable bonds is 3. The summed E-state index contributed by atoms with van der Waals surface area (Å²) in [6.07, 6.45) is 5.37. The third-order valence-electron chi connectivity index (χ3n) is 2.68. The summed E-state index contributed by atoms with van der Waals surface area (Å²) >= 11 is 0. The third kappa shape index (κ3) is 1.52. The highest BCUT2D eigenvalue weighted by molar-refractivity contribution is 5.77. The first kappa shape index (κ1) is 9.30. The largest absolute Gasteiger partial charge is 0.465 e. The minimum atomic E-state index is -0.250. The first-order valence-corrected chi connectivity index (χ1v) is 4.53. The van der Waals surface area contributed by atoms with Crippen LogP contribution in [0.3, 0.4) is 0 Å². The zero-order valence-corrected chi connectivity index (χ0v) is 7.64. The van der Waals surface area contributed by atoms with Gasteiger partial charge in [0, 0.05) is 0 Å². The van der Waals surface area contributed by atoms with Gasteiger partial charge in [0.25, 0.3) is 0 Å². The Kier molecular flexibility index (Phi) is 2.90. The monoisotopic (exact) mass is 168 g/mol. The Balaban J connectivity index is 2.73. The van der Waals surface area contributed by atoms with Crippen molar-refractivity contribution in [3.63, 3.8) is 0 Å². The van der Waals surface area contributed by atoms with Crippen LogP contribution in [0.4, 0.5) is 0 Å². The molecule has 1 rings (SSSR count). The minimum absolute atomic E-state index is 0.0313. The number of ether oxygens (including phenoxy) is 1. The van der Waals surface area contributed by atoms with E-state index in [0.29, 0.717) is 6.61 Å². The number of carbonyl (C=O) groups is 1. The lowest BCUT2D eigenvalue weighted by Gasteiger charge is -2.33. The Bertz CT molecular complexity index is 186. The van der Waals surface area contributed by atoms with Gasteiger partial charge in [0.1, 0.15) is 0 Å². The fraction of sp³-hybridized carbons (Fsp3) is 0.700. The van der Waals surface area contributed by atoms with Crippen LogP contribution in [-0.4, -0.2) is 12.6 Å². The molecular formula is C10H16O2. The fourth-order valence-electron chi connectivity index (χ4n) is 1.76. The molecule has 68 valence electrons. The Hall–Kier alpha value is -0.790. The maximum absolute atomic E-state index is 11.5. The average Bonchev–Trinajstić information content (AvgIpc) is 2.10. The molecule has 1 aliphatic rings. The van der Waals surface area contributed by atoms with E-state index in [1.807, 2.05) is 13.0 Å². The molecule has 12 heavy (non-hydrogen) atoms. The number of hydrogen-bond acceptors (Lipinski definition) is 2. The molecule has 1 saturated heterocycles. The van der Waals surface area contributed by atoms with Crippen molar-refractivity contribution in [2.75, 3.05) is 6.61 Å². The first-order valence-electron chi connectivity index (χ1n) is 4.53. The smallest absolute Gasteiger partial charge is 0.312 e. The second kappa shape index (κ2) is 3.74. The number of allylic oxidation sites excluding steroid dienone is 1. The van der Waals surface area contributed by atoms with Crippen LogP contribution in [0.5, 0.6) is 0 Å². The van der Waals surface area contributed by atoms with Crippen molar-refractivity contribution in [1.29, 1.82) is 0 Å². The van der Waals surface area contributed by atoms with Crippen LogP contribution in [0.2, 0.25) is 0 Å². The molecule has 1 atom stereocenters. The molecular weight excluding hydrogens is 152 g/mol. The van der Waals surface area contributed by atoms with E-state index in [1.54, 1.807) is 0 Å². The molecule has 0 aliphatic carbocycles. The molecule has 1 aliphatic heterocycles. The van der Waals surface area contributed by atoms with Crippen molar-refractivity contribution < 1.29 is 9.53 Å². The number of hydrogen-bond donors (Lipinski definition) is 0. The summed E-state index contributed by atoms with van der Waals surface area (Å²) in [7, 11) is 0. The van der Waals surface area contributed by atoms with Crippen molar-refractivity contribution in [1.82, 2.24) is 0 Å². The van der Waals surface area contributed by atoms with Crippen molar-refractivity contribution in [2.24, 2.45) is 5.41 Å². The summed E-state index contributed by atoms with van der Waals surface area (Å²) < 4.78 is 5.05. The van der Waals surface area contributed by atoms with Crippen molar-refractivity contribution in [2.45, 2.75) is 32.6 Å². The SMILES string of the molecule is C=CC[C@]1(CC)CCCOC1=O. The second-order valence-electron chi connectivity index (χ2n) is 3.37. The molecule has 0 spiro atoms. The van der Waals surface area contributed by atoms with E-state index in [-0.39, 0.29) is 11.4 Å². The normalized spacial score (nSPS) is 29.6. The quantitative estimate of drug-likeness (QED) is 0.477. The van der Waals surface area contributed by atoms with Crippen LogP contribution in [0.1, 0.15) is 32.6 Å². The predicted octanol–water partition coefficient (Wildman–Crippen LogP) is 2.30. The van der Waals surface area contributed by atoms with Gasteiger partial charge in [0.2, 0.25) is 0 Å². The molecule has 2 nitrogen and oxygen atoms in total. The molecule has 0 unspecified atom stereocenters. The average molecular weight is 168 g/mol. The summed E-state index contributed by atoms with van der Waals surface area (Å²) in [6.45, 7) is 6.31. The van der Waals surface area contributed by atoms with Gasteiger partial charge in [-0.3, -0.25) is 4.79 Å². The van der Waals surface area contributed by atoms with Crippen molar-refractivity contribution in [3.8, 4) is 0 Å². The van der Waals surface area contributed by atoms with Gasteiger partial charge >= 0.3 is 5.97 Å². The van der Waals surface area contributed by atoms with Crippen LogP contribution in [-0.2, 0) is 9.53 Å². The van der Waals surface area contributed by atoms with Crippen LogP contribution in [0.15, 0.2) is 12.7 Å². The molecule has 1 fully saturated rings. The van der Waals surface area contributed by atoms with E-state index < -0.39 is 0 Å². The van der Waals surface area contributed by atoms with Gasteiger partial charge in [0.15, 0.2) is 0 Å². The Morgan fingerprint density at radius 1 is 1.75 bits per heavy atom. The molecule has 0 radical (unpaired) electrons. The zero-order chi connectivity index (χ0) is 9.03. The van der Waals surface area contributed by atoms with E-state index in [0.717, 1.165) is 25.7 Å². The van der Waals surface area contributed by atoms with E-state index in [2.05, 4.69) is 6.58 Å². The van der Waals surface area contributed by atoms with E-state index >= 15 is 0 Å². The molecule has 2 heteroatoms. The summed E-state index contributed by atoms with van der Waals surface area (Å²) in [6, 6.07) is 0. The number of carbonyl (C=O) groups excluding carboxylic acids is 1. The van der Waals surface area contributed by atoms with Gasteiger partial charge in [-0.2, -0.15) is 0 Å². The summed E-state index contributed by atoms with van der Waals surface area (Å²) in [5, 5.41) is 0. The molecule has 0 aromatic heterocycles. The summed E-state index contributed by atoms with van der Waals surface area (Å²) in [5.41, 5.74) is -0.250. The van der Waals surface area contributed by atoms with Crippen molar-refractivity contribution >= 4 is 5.97 Å². The molecule has 0 saturated carbocycles. The lowest BCUT2D eigenvalue weighted by Crippen LogP contribution is -2.36. The number of esters is 1. The summed E-state index contributed by atoms with van der Waals surface area (Å²) in [5.74, 6) is -0.0313. The molecule has 0 amide bonds.